The van der Waals surface area contributed by atoms with Crippen molar-refractivity contribution < 1.29 is 4.79 Å². The van der Waals surface area contributed by atoms with Crippen LogP contribution in [0.15, 0.2) is 35.1 Å². The molecule has 8 heteroatoms. The van der Waals surface area contributed by atoms with Crippen molar-refractivity contribution in [1.82, 2.24) is 29.8 Å². The molecule has 1 aliphatic rings. The van der Waals surface area contributed by atoms with E-state index in [2.05, 4.69) is 20.4 Å². The maximum Gasteiger partial charge on any atom is 0.278 e. The van der Waals surface area contributed by atoms with Gasteiger partial charge in [0.2, 0.25) is 5.91 Å². The molecule has 1 amide bonds. The Labute approximate surface area is 194 Å². The van der Waals surface area contributed by atoms with Gasteiger partial charge in [-0.25, -0.2) is 9.36 Å². The number of fused-ring (bicyclic) bond motifs is 1. The van der Waals surface area contributed by atoms with Crippen LogP contribution in [0.4, 0.5) is 0 Å². The monoisotopic (exact) mass is 450 g/mol. The standard InChI is InChI=1S/C25H34N6O2/c1-18-23-22(19(2)30(28-23)21-12-7-6-8-13-21)25(33)31(27-18)20(3)24(32)26-14-11-17-29-15-9-4-5-10-16-29/h6-8,12-13,20H,4-5,9-11,14-17H2,1-3H3,(H,26,32). The fraction of sp³-hybridized carbons (Fsp3) is 0.520. The Bertz CT molecular complexity index is 1160. The van der Waals surface area contributed by atoms with Crippen molar-refractivity contribution in [1.29, 1.82) is 0 Å². The molecule has 0 saturated carbocycles. The van der Waals surface area contributed by atoms with Gasteiger partial charge in [-0.2, -0.15) is 10.2 Å². The van der Waals surface area contributed by atoms with Crippen molar-refractivity contribution >= 4 is 16.8 Å². The summed E-state index contributed by atoms with van der Waals surface area (Å²) in [4.78, 5) is 28.6. The molecule has 4 rings (SSSR count). The van der Waals surface area contributed by atoms with Crippen molar-refractivity contribution in [3.05, 3.63) is 52.1 Å². The van der Waals surface area contributed by atoms with Gasteiger partial charge in [0.15, 0.2) is 0 Å². The first-order valence-corrected chi connectivity index (χ1v) is 12.0. The number of nitrogens with zero attached hydrogens (tertiary/aromatic N) is 5. The van der Waals surface area contributed by atoms with Gasteiger partial charge in [-0.1, -0.05) is 31.0 Å². The Kier molecular flexibility index (Phi) is 7.23. The van der Waals surface area contributed by atoms with Crippen LogP contribution in [0, 0.1) is 13.8 Å². The van der Waals surface area contributed by atoms with E-state index in [1.807, 2.05) is 44.2 Å². The summed E-state index contributed by atoms with van der Waals surface area (Å²) in [6.07, 6.45) is 6.07. The number of likely N-dealkylation sites (tertiary alicyclic amines) is 1. The molecule has 0 bridgehead atoms. The van der Waals surface area contributed by atoms with Crippen LogP contribution in [0.3, 0.4) is 0 Å². The van der Waals surface area contributed by atoms with Crippen LogP contribution in [0.2, 0.25) is 0 Å². The number of aryl methyl sites for hydroxylation is 2. The van der Waals surface area contributed by atoms with E-state index in [9.17, 15) is 9.59 Å². The number of amides is 1. The van der Waals surface area contributed by atoms with E-state index in [0.29, 0.717) is 23.1 Å². The topological polar surface area (TPSA) is 85.0 Å². The molecule has 1 unspecified atom stereocenters. The molecule has 1 saturated heterocycles. The van der Waals surface area contributed by atoms with Gasteiger partial charge in [0.1, 0.15) is 11.6 Å². The highest BCUT2D eigenvalue weighted by atomic mass is 16.2. The predicted octanol–water partition coefficient (Wildman–Crippen LogP) is 3.14. The van der Waals surface area contributed by atoms with Crippen LogP contribution in [-0.2, 0) is 4.79 Å². The van der Waals surface area contributed by atoms with Gasteiger partial charge < -0.3 is 10.2 Å². The van der Waals surface area contributed by atoms with Gasteiger partial charge in [0.25, 0.3) is 5.56 Å². The minimum Gasteiger partial charge on any atom is -0.354 e. The molecule has 2 aromatic heterocycles. The number of aromatic nitrogens is 4. The first-order chi connectivity index (χ1) is 16.0. The van der Waals surface area contributed by atoms with E-state index in [1.54, 1.807) is 11.6 Å². The van der Waals surface area contributed by atoms with E-state index < -0.39 is 6.04 Å². The van der Waals surface area contributed by atoms with E-state index in [0.717, 1.165) is 37.4 Å². The highest BCUT2D eigenvalue weighted by molar-refractivity contribution is 5.84. The molecule has 8 nitrogen and oxygen atoms in total. The van der Waals surface area contributed by atoms with Gasteiger partial charge in [0, 0.05) is 6.54 Å². The zero-order valence-corrected chi connectivity index (χ0v) is 19.9. The third-order valence-corrected chi connectivity index (χ3v) is 6.53. The third-order valence-electron chi connectivity index (χ3n) is 6.53. The molecule has 0 radical (unpaired) electrons. The molecule has 0 spiro atoms. The van der Waals surface area contributed by atoms with Crippen LogP contribution in [0.5, 0.6) is 0 Å². The lowest BCUT2D eigenvalue weighted by atomic mass is 10.2. The molecule has 1 aliphatic heterocycles. The Morgan fingerprint density at radius 2 is 1.76 bits per heavy atom. The Morgan fingerprint density at radius 1 is 1.06 bits per heavy atom. The first kappa shape index (κ1) is 23.2. The fourth-order valence-corrected chi connectivity index (χ4v) is 4.60. The van der Waals surface area contributed by atoms with E-state index in [4.69, 9.17) is 0 Å². The summed E-state index contributed by atoms with van der Waals surface area (Å²) in [6, 6.07) is 9.01. The van der Waals surface area contributed by atoms with Crippen LogP contribution >= 0.6 is 0 Å². The minimum atomic E-state index is -0.696. The first-order valence-electron chi connectivity index (χ1n) is 12.0. The smallest absolute Gasteiger partial charge is 0.278 e. The van der Waals surface area contributed by atoms with E-state index >= 15 is 0 Å². The molecule has 1 fully saturated rings. The summed E-state index contributed by atoms with van der Waals surface area (Å²) in [7, 11) is 0. The molecule has 3 aromatic rings. The zero-order valence-electron chi connectivity index (χ0n) is 19.9. The molecule has 0 aliphatic carbocycles. The van der Waals surface area contributed by atoms with Gasteiger partial charge in [-0.15, -0.1) is 0 Å². The van der Waals surface area contributed by atoms with Crippen molar-refractivity contribution in [3.8, 4) is 5.69 Å². The molecule has 33 heavy (non-hydrogen) atoms. The second-order valence-electron chi connectivity index (χ2n) is 8.97. The lowest BCUT2D eigenvalue weighted by Crippen LogP contribution is -2.38. The quantitative estimate of drug-likeness (QED) is 0.559. The fourth-order valence-electron chi connectivity index (χ4n) is 4.60. The number of hydrogen-bond donors (Lipinski definition) is 1. The SMILES string of the molecule is Cc1nn(C(C)C(=O)NCCCN2CCCCCC2)c(=O)c2c(C)n(-c3ccccc3)nc12. The number of benzene rings is 1. The van der Waals surface area contributed by atoms with Crippen molar-refractivity contribution in [2.24, 2.45) is 0 Å². The number of carbonyl (C=O) groups is 1. The third kappa shape index (κ3) is 5.00. The van der Waals surface area contributed by atoms with Crippen molar-refractivity contribution in [2.75, 3.05) is 26.2 Å². The zero-order chi connectivity index (χ0) is 23.4. The second-order valence-corrected chi connectivity index (χ2v) is 8.97. The van der Waals surface area contributed by atoms with Gasteiger partial charge >= 0.3 is 0 Å². The highest BCUT2D eigenvalue weighted by Gasteiger charge is 2.23. The number of rotatable bonds is 7. The molecular formula is C25H34N6O2. The van der Waals surface area contributed by atoms with Crippen LogP contribution in [0.25, 0.3) is 16.6 Å². The highest BCUT2D eigenvalue weighted by Crippen LogP contribution is 2.20. The van der Waals surface area contributed by atoms with Gasteiger partial charge in [0.05, 0.1) is 22.5 Å². The van der Waals surface area contributed by atoms with Crippen LogP contribution in [-0.4, -0.2) is 56.5 Å². The minimum absolute atomic E-state index is 0.188. The molecule has 3 heterocycles. The van der Waals surface area contributed by atoms with Crippen molar-refractivity contribution in [2.45, 2.75) is 58.9 Å². The summed E-state index contributed by atoms with van der Waals surface area (Å²) in [5.74, 6) is -0.188. The molecule has 1 atom stereocenters. The summed E-state index contributed by atoms with van der Waals surface area (Å²) in [6.45, 7) is 9.32. The number of hydrogen-bond acceptors (Lipinski definition) is 5. The number of para-hydroxylation sites is 1. The predicted molar refractivity (Wildman–Crippen MR) is 130 cm³/mol. The number of carbonyl (C=O) groups excluding carboxylic acids is 1. The van der Waals surface area contributed by atoms with Crippen LogP contribution < -0.4 is 10.9 Å². The van der Waals surface area contributed by atoms with Gasteiger partial charge in [-0.05, 0) is 71.8 Å². The average Bonchev–Trinajstić information content (AvgIpc) is 2.99. The molecular weight excluding hydrogens is 416 g/mol. The molecule has 1 N–H and O–H groups in total. The largest absolute Gasteiger partial charge is 0.354 e. The normalized spacial score (nSPS) is 16.0. The maximum atomic E-state index is 13.3. The van der Waals surface area contributed by atoms with Gasteiger partial charge in [-0.3, -0.25) is 9.59 Å². The summed E-state index contributed by atoms with van der Waals surface area (Å²) >= 11 is 0. The lowest BCUT2D eigenvalue weighted by molar-refractivity contribution is -0.124. The Balaban J connectivity index is 1.48. The summed E-state index contributed by atoms with van der Waals surface area (Å²) < 4.78 is 3.06. The summed E-state index contributed by atoms with van der Waals surface area (Å²) in [5, 5.41) is 12.6. The summed E-state index contributed by atoms with van der Waals surface area (Å²) in [5.41, 5.74) is 2.53. The van der Waals surface area contributed by atoms with E-state index in [-0.39, 0.29) is 11.5 Å². The Hall–Kier alpha value is -3.00. The van der Waals surface area contributed by atoms with E-state index in [1.165, 1.54) is 30.4 Å². The lowest BCUT2D eigenvalue weighted by Gasteiger charge is -2.20. The molecule has 176 valence electrons. The number of nitrogens with one attached hydrogen (secondary N) is 1. The average molecular weight is 451 g/mol. The van der Waals surface area contributed by atoms with Crippen molar-refractivity contribution in [3.63, 3.8) is 0 Å². The van der Waals surface area contributed by atoms with Crippen LogP contribution in [0.1, 0.15) is 56.5 Å². The maximum absolute atomic E-state index is 13.3. The second kappa shape index (κ2) is 10.3. The molecule has 1 aromatic carbocycles. The Morgan fingerprint density at radius 3 is 2.45 bits per heavy atom.